The van der Waals surface area contributed by atoms with Gasteiger partial charge in [0.25, 0.3) is 11.6 Å². The van der Waals surface area contributed by atoms with Crippen molar-refractivity contribution in [2.75, 3.05) is 0 Å². The summed E-state index contributed by atoms with van der Waals surface area (Å²) in [5, 5.41) is 14.7. The van der Waals surface area contributed by atoms with Gasteiger partial charge in [0.15, 0.2) is 0 Å². The van der Waals surface area contributed by atoms with Crippen molar-refractivity contribution in [1.82, 2.24) is 5.43 Å². The molecule has 7 nitrogen and oxygen atoms in total. The van der Waals surface area contributed by atoms with Crippen LogP contribution in [0.4, 0.5) is 5.69 Å². The highest BCUT2D eigenvalue weighted by Gasteiger charge is 2.07. The van der Waals surface area contributed by atoms with Crippen molar-refractivity contribution in [3.8, 4) is 5.75 Å². The molecule has 0 saturated heterocycles. The number of carbonyl (C=O) groups excluding carboxylic acids is 1. The molecule has 0 unspecified atom stereocenters. The number of hydrazone groups is 1. The predicted molar refractivity (Wildman–Crippen MR) is 126 cm³/mol. The Morgan fingerprint density at radius 3 is 2.47 bits per heavy atom. The van der Waals surface area contributed by atoms with Gasteiger partial charge in [-0.15, -0.1) is 0 Å². The van der Waals surface area contributed by atoms with E-state index in [1.54, 1.807) is 36.4 Å². The van der Waals surface area contributed by atoms with Crippen molar-refractivity contribution in [2.24, 2.45) is 5.10 Å². The van der Waals surface area contributed by atoms with Crippen LogP contribution in [0.3, 0.4) is 0 Å². The van der Waals surface area contributed by atoms with Crippen LogP contribution in [0.2, 0.25) is 0 Å². The fraction of sp³-hybridized carbons (Fsp3) is 0.0476. The molecule has 0 fully saturated rings. The Kier molecular flexibility index (Phi) is 7.52. The SMILES string of the molecule is O=C(N/N=C\c1ccc(OCc2ccc([N+](=O)[O-])cc2)c(Br)c1)c1ccc(I)cc1. The fourth-order valence-corrected chi connectivity index (χ4v) is 3.29. The molecule has 3 aromatic carbocycles. The molecule has 1 amide bonds. The van der Waals surface area contributed by atoms with Crippen LogP contribution in [-0.2, 0) is 6.61 Å². The molecule has 152 valence electrons. The zero-order valence-electron chi connectivity index (χ0n) is 15.4. The standard InChI is InChI=1S/C21H15BrIN3O4/c22-19-11-15(12-24-25-21(27)16-4-6-17(23)7-5-16)3-10-20(19)30-13-14-1-8-18(9-2-14)26(28)29/h1-12H,13H2,(H,25,27)/b24-12-. The zero-order valence-corrected chi connectivity index (χ0v) is 19.2. The second-order valence-electron chi connectivity index (χ2n) is 6.11. The minimum Gasteiger partial charge on any atom is -0.488 e. The Morgan fingerprint density at radius 1 is 1.13 bits per heavy atom. The van der Waals surface area contributed by atoms with Crippen molar-refractivity contribution < 1.29 is 14.5 Å². The largest absolute Gasteiger partial charge is 0.488 e. The van der Waals surface area contributed by atoms with E-state index in [2.05, 4.69) is 49.0 Å². The molecular formula is C21H15BrIN3O4. The number of rotatable bonds is 7. The summed E-state index contributed by atoms with van der Waals surface area (Å²) >= 11 is 5.63. The number of nitrogens with zero attached hydrogens (tertiary/aromatic N) is 2. The monoisotopic (exact) mass is 579 g/mol. The van der Waals surface area contributed by atoms with Crippen molar-refractivity contribution in [1.29, 1.82) is 0 Å². The first kappa shape index (κ1) is 21.9. The van der Waals surface area contributed by atoms with Gasteiger partial charge in [0.05, 0.1) is 15.6 Å². The Bertz CT molecular complexity index is 1090. The molecule has 0 saturated carbocycles. The van der Waals surface area contributed by atoms with E-state index in [9.17, 15) is 14.9 Å². The van der Waals surface area contributed by atoms with Crippen molar-refractivity contribution in [3.63, 3.8) is 0 Å². The quantitative estimate of drug-likeness (QED) is 0.178. The fourth-order valence-electron chi connectivity index (χ4n) is 2.42. The number of ether oxygens (including phenoxy) is 1. The van der Waals surface area contributed by atoms with Crippen LogP contribution in [0.1, 0.15) is 21.5 Å². The van der Waals surface area contributed by atoms with Crippen molar-refractivity contribution >= 4 is 56.3 Å². The van der Waals surface area contributed by atoms with Crippen molar-refractivity contribution in [3.05, 3.63) is 102 Å². The van der Waals surface area contributed by atoms with E-state index in [0.717, 1.165) is 19.2 Å². The van der Waals surface area contributed by atoms with Crippen LogP contribution in [0, 0.1) is 13.7 Å². The molecular weight excluding hydrogens is 565 g/mol. The number of benzene rings is 3. The highest BCUT2D eigenvalue weighted by atomic mass is 127. The molecule has 1 N–H and O–H groups in total. The van der Waals surface area contributed by atoms with Crippen LogP contribution in [0.5, 0.6) is 5.75 Å². The predicted octanol–water partition coefficient (Wildman–Crippen LogP) is 5.30. The van der Waals surface area contributed by atoms with E-state index >= 15 is 0 Å². The number of nitro benzene ring substituents is 1. The Balaban J connectivity index is 1.56. The third-order valence-electron chi connectivity index (χ3n) is 3.98. The first-order chi connectivity index (χ1) is 14.4. The Hall–Kier alpha value is -2.79. The van der Waals surface area contributed by atoms with Crippen LogP contribution >= 0.6 is 38.5 Å². The van der Waals surface area contributed by atoms with Crippen molar-refractivity contribution in [2.45, 2.75) is 6.61 Å². The van der Waals surface area contributed by atoms with E-state index in [-0.39, 0.29) is 18.2 Å². The minimum absolute atomic E-state index is 0.0395. The molecule has 30 heavy (non-hydrogen) atoms. The highest BCUT2D eigenvalue weighted by molar-refractivity contribution is 14.1. The summed E-state index contributed by atoms with van der Waals surface area (Å²) in [6.07, 6.45) is 1.54. The molecule has 0 aliphatic carbocycles. The van der Waals surface area contributed by atoms with Gasteiger partial charge in [0, 0.05) is 21.3 Å². The summed E-state index contributed by atoms with van der Waals surface area (Å²) in [5.74, 6) is 0.332. The van der Waals surface area contributed by atoms with Crippen LogP contribution in [0.25, 0.3) is 0 Å². The highest BCUT2D eigenvalue weighted by Crippen LogP contribution is 2.26. The summed E-state index contributed by atoms with van der Waals surface area (Å²) in [7, 11) is 0. The number of nitro groups is 1. The van der Waals surface area contributed by atoms with Gasteiger partial charge in [-0.05, 0) is 104 Å². The molecule has 0 aromatic heterocycles. The van der Waals surface area contributed by atoms with Gasteiger partial charge in [-0.2, -0.15) is 5.10 Å². The number of hydrogen-bond donors (Lipinski definition) is 1. The maximum atomic E-state index is 12.1. The number of amides is 1. The number of carbonyl (C=O) groups is 1. The topological polar surface area (TPSA) is 93.8 Å². The van der Waals surface area contributed by atoms with Gasteiger partial charge < -0.3 is 4.74 Å². The molecule has 0 aliphatic rings. The second kappa shape index (κ2) is 10.3. The number of nitrogens with one attached hydrogen (secondary N) is 1. The van der Waals surface area contributed by atoms with Gasteiger partial charge in [-0.25, -0.2) is 5.43 Å². The number of hydrogen-bond acceptors (Lipinski definition) is 5. The molecule has 0 aliphatic heterocycles. The maximum absolute atomic E-state index is 12.1. The number of non-ortho nitro benzene ring substituents is 1. The molecule has 0 heterocycles. The Morgan fingerprint density at radius 2 is 1.83 bits per heavy atom. The lowest BCUT2D eigenvalue weighted by molar-refractivity contribution is -0.384. The Labute approximate surface area is 194 Å². The van der Waals surface area contributed by atoms with Gasteiger partial charge in [-0.3, -0.25) is 14.9 Å². The third-order valence-corrected chi connectivity index (χ3v) is 5.32. The van der Waals surface area contributed by atoms with E-state index in [1.165, 1.54) is 18.3 Å². The number of halogens is 2. The smallest absolute Gasteiger partial charge is 0.271 e. The average molecular weight is 580 g/mol. The summed E-state index contributed by atoms with van der Waals surface area (Å²) in [4.78, 5) is 22.3. The van der Waals surface area contributed by atoms with Crippen LogP contribution < -0.4 is 10.2 Å². The third kappa shape index (κ3) is 6.10. The average Bonchev–Trinajstić information content (AvgIpc) is 2.74. The molecule has 0 radical (unpaired) electrons. The second-order valence-corrected chi connectivity index (χ2v) is 8.21. The summed E-state index contributed by atoms with van der Waals surface area (Å²) in [5.41, 5.74) is 4.65. The molecule has 0 atom stereocenters. The van der Waals surface area contributed by atoms with Gasteiger partial charge >= 0.3 is 0 Å². The molecule has 3 rings (SSSR count). The lowest BCUT2D eigenvalue weighted by Gasteiger charge is -2.09. The van der Waals surface area contributed by atoms with Crippen LogP contribution in [-0.4, -0.2) is 17.0 Å². The normalized spacial score (nSPS) is 10.7. The minimum atomic E-state index is -0.440. The van der Waals surface area contributed by atoms with Crippen LogP contribution in [0.15, 0.2) is 76.3 Å². The maximum Gasteiger partial charge on any atom is 0.271 e. The first-order valence-corrected chi connectivity index (χ1v) is 10.5. The summed E-state index contributed by atoms with van der Waals surface area (Å²) in [6.45, 7) is 0.274. The van der Waals surface area contributed by atoms with E-state index < -0.39 is 4.92 Å². The van der Waals surface area contributed by atoms with Gasteiger partial charge in [-0.1, -0.05) is 0 Å². The van der Waals surface area contributed by atoms with E-state index in [0.29, 0.717) is 11.3 Å². The summed E-state index contributed by atoms with van der Waals surface area (Å²) in [6, 6.07) is 18.8. The molecule has 3 aromatic rings. The van der Waals surface area contributed by atoms with Gasteiger partial charge in [0.1, 0.15) is 12.4 Å². The van der Waals surface area contributed by atoms with E-state index in [1.807, 2.05) is 18.2 Å². The van der Waals surface area contributed by atoms with Gasteiger partial charge in [0.2, 0.25) is 0 Å². The zero-order chi connectivity index (χ0) is 21.5. The molecule has 9 heteroatoms. The molecule has 0 spiro atoms. The van der Waals surface area contributed by atoms with E-state index in [4.69, 9.17) is 4.74 Å². The lowest BCUT2D eigenvalue weighted by Crippen LogP contribution is -2.17. The summed E-state index contributed by atoms with van der Waals surface area (Å²) < 4.78 is 7.53. The lowest BCUT2D eigenvalue weighted by atomic mass is 10.2. The molecule has 0 bridgehead atoms. The first-order valence-electron chi connectivity index (χ1n) is 8.67.